The monoisotopic (exact) mass is 272 g/mol. The minimum absolute atomic E-state index is 0.0842. The van der Waals surface area contributed by atoms with Crippen LogP contribution in [-0.2, 0) is 13.0 Å². The maximum Gasteiger partial charge on any atom is 0.267 e. The zero-order valence-electron chi connectivity index (χ0n) is 11.7. The van der Waals surface area contributed by atoms with Gasteiger partial charge in [0.05, 0.1) is 5.69 Å². The summed E-state index contributed by atoms with van der Waals surface area (Å²) >= 11 is 0. The number of carbonyl (C=O) groups excluding carboxylic acids is 1. The van der Waals surface area contributed by atoms with Crippen molar-refractivity contribution in [1.29, 1.82) is 0 Å². The first-order chi connectivity index (χ1) is 9.70. The number of anilines is 1. The highest BCUT2D eigenvalue weighted by atomic mass is 16.1. The second-order valence-corrected chi connectivity index (χ2v) is 4.72. The molecule has 2 heterocycles. The van der Waals surface area contributed by atoms with Crippen LogP contribution in [0.5, 0.6) is 0 Å². The molecule has 0 aliphatic rings. The highest BCUT2D eigenvalue weighted by molar-refractivity contribution is 5.93. The van der Waals surface area contributed by atoms with Crippen LogP contribution < -0.4 is 11.1 Å². The minimum Gasteiger partial charge on any atom is -0.397 e. The number of carbonyl (C=O) groups is 1. The van der Waals surface area contributed by atoms with E-state index in [9.17, 15) is 4.79 Å². The Morgan fingerprint density at radius 3 is 3.05 bits per heavy atom. The number of hydrogen-bond acceptors (Lipinski definition) is 3. The van der Waals surface area contributed by atoms with Crippen LogP contribution in [-0.4, -0.2) is 22.0 Å². The summed E-state index contributed by atoms with van der Waals surface area (Å²) in [5, 5.41) is 2.92. The molecule has 3 N–H and O–H groups in total. The second kappa shape index (κ2) is 6.75. The molecule has 0 fully saturated rings. The molecule has 20 heavy (non-hydrogen) atoms. The molecule has 1 amide bonds. The third-order valence-corrected chi connectivity index (χ3v) is 3.04. The molecule has 0 saturated heterocycles. The van der Waals surface area contributed by atoms with E-state index in [1.807, 2.05) is 22.9 Å². The molecular formula is C15H20N4O. The molecule has 0 radical (unpaired) electrons. The van der Waals surface area contributed by atoms with Gasteiger partial charge in [-0.2, -0.15) is 0 Å². The van der Waals surface area contributed by atoms with E-state index in [1.165, 1.54) is 0 Å². The number of rotatable bonds is 6. The van der Waals surface area contributed by atoms with Crippen molar-refractivity contribution in [3.05, 3.63) is 48.0 Å². The summed E-state index contributed by atoms with van der Waals surface area (Å²) in [5.74, 6) is -0.0842. The van der Waals surface area contributed by atoms with Crippen LogP contribution in [0.15, 0.2) is 36.8 Å². The Hall–Kier alpha value is -2.30. The largest absolute Gasteiger partial charge is 0.397 e. The van der Waals surface area contributed by atoms with E-state index in [2.05, 4.69) is 17.2 Å². The Morgan fingerprint density at radius 1 is 1.50 bits per heavy atom. The molecule has 0 atom stereocenters. The normalized spacial score (nSPS) is 10.4. The van der Waals surface area contributed by atoms with E-state index in [0.717, 1.165) is 24.9 Å². The van der Waals surface area contributed by atoms with Gasteiger partial charge in [0, 0.05) is 31.7 Å². The number of pyridine rings is 1. The Balaban J connectivity index is 1.91. The molecule has 5 nitrogen and oxygen atoms in total. The third-order valence-electron chi connectivity index (χ3n) is 3.04. The molecule has 0 bridgehead atoms. The number of nitrogens with zero attached hydrogens (tertiary/aromatic N) is 2. The number of hydrogen-bond donors (Lipinski definition) is 2. The van der Waals surface area contributed by atoms with Crippen LogP contribution in [0.2, 0.25) is 0 Å². The Morgan fingerprint density at radius 2 is 2.35 bits per heavy atom. The Kier molecular flexibility index (Phi) is 4.76. The van der Waals surface area contributed by atoms with E-state index < -0.39 is 0 Å². The van der Waals surface area contributed by atoms with Crippen molar-refractivity contribution in [3.8, 4) is 0 Å². The van der Waals surface area contributed by atoms with Gasteiger partial charge >= 0.3 is 0 Å². The summed E-state index contributed by atoms with van der Waals surface area (Å²) in [4.78, 5) is 16.2. The maximum absolute atomic E-state index is 12.1. The highest BCUT2D eigenvalue weighted by Gasteiger charge is 2.11. The predicted molar refractivity (Wildman–Crippen MR) is 79.4 cm³/mol. The van der Waals surface area contributed by atoms with Crippen molar-refractivity contribution < 1.29 is 4.79 Å². The number of nitrogens with two attached hydrogens (primary N) is 1. The average molecular weight is 272 g/mol. The van der Waals surface area contributed by atoms with Crippen LogP contribution in [0.3, 0.4) is 0 Å². The molecule has 0 aliphatic carbocycles. The summed E-state index contributed by atoms with van der Waals surface area (Å²) in [6.45, 7) is 3.45. The zero-order valence-corrected chi connectivity index (χ0v) is 11.7. The Bertz CT molecular complexity index is 563. The third kappa shape index (κ3) is 3.60. The molecule has 2 aromatic rings. The average Bonchev–Trinajstić information content (AvgIpc) is 2.81. The highest BCUT2D eigenvalue weighted by Crippen LogP contribution is 2.11. The van der Waals surface area contributed by atoms with Gasteiger partial charge in [0.1, 0.15) is 5.69 Å². The topological polar surface area (TPSA) is 72.9 Å². The smallest absolute Gasteiger partial charge is 0.267 e. The van der Waals surface area contributed by atoms with Crippen molar-refractivity contribution >= 4 is 11.6 Å². The zero-order chi connectivity index (χ0) is 14.4. The SMILES string of the molecule is CCCn1cc(N)cc1C(=O)NCCc1cccnc1. The lowest BCUT2D eigenvalue weighted by Crippen LogP contribution is -2.27. The van der Waals surface area contributed by atoms with E-state index in [1.54, 1.807) is 18.5 Å². The minimum atomic E-state index is -0.0842. The van der Waals surface area contributed by atoms with Crippen molar-refractivity contribution in [2.24, 2.45) is 0 Å². The van der Waals surface area contributed by atoms with Crippen LogP contribution >= 0.6 is 0 Å². The summed E-state index contributed by atoms with van der Waals surface area (Å²) in [5.41, 5.74) is 8.11. The fraction of sp³-hybridized carbons (Fsp3) is 0.333. The molecule has 0 saturated carbocycles. The van der Waals surface area contributed by atoms with E-state index >= 15 is 0 Å². The van der Waals surface area contributed by atoms with Crippen LogP contribution in [0.1, 0.15) is 29.4 Å². The fourth-order valence-electron chi connectivity index (χ4n) is 2.11. The van der Waals surface area contributed by atoms with Gasteiger partial charge in [-0.05, 0) is 30.5 Å². The van der Waals surface area contributed by atoms with Gasteiger partial charge in [-0.15, -0.1) is 0 Å². The van der Waals surface area contributed by atoms with Gasteiger partial charge < -0.3 is 15.6 Å². The maximum atomic E-state index is 12.1. The van der Waals surface area contributed by atoms with Gasteiger partial charge in [0.15, 0.2) is 0 Å². The van der Waals surface area contributed by atoms with E-state index in [0.29, 0.717) is 17.9 Å². The number of aryl methyl sites for hydroxylation is 1. The van der Waals surface area contributed by atoms with E-state index in [4.69, 9.17) is 5.73 Å². The van der Waals surface area contributed by atoms with Gasteiger partial charge in [0.25, 0.3) is 5.91 Å². The summed E-state index contributed by atoms with van der Waals surface area (Å²) in [6, 6.07) is 5.61. The molecule has 0 unspecified atom stereocenters. The predicted octanol–water partition coefficient (Wildman–Crippen LogP) is 1.85. The van der Waals surface area contributed by atoms with Crippen LogP contribution in [0.4, 0.5) is 5.69 Å². The number of nitrogen functional groups attached to an aromatic ring is 1. The Labute approximate surface area is 118 Å². The molecule has 2 aromatic heterocycles. The summed E-state index contributed by atoms with van der Waals surface area (Å²) < 4.78 is 1.90. The van der Waals surface area contributed by atoms with Gasteiger partial charge in [-0.1, -0.05) is 13.0 Å². The van der Waals surface area contributed by atoms with Crippen molar-refractivity contribution in [1.82, 2.24) is 14.9 Å². The molecule has 0 aromatic carbocycles. The molecule has 5 heteroatoms. The molecule has 0 spiro atoms. The second-order valence-electron chi connectivity index (χ2n) is 4.72. The summed E-state index contributed by atoms with van der Waals surface area (Å²) in [7, 11) is 0. The van der Waals surface area contributed by atoms with Gasteiger partial charge in [0.2, 0.25) is 0 Å². The van der Waals surface area contributed by atoms with Gasteiger partial charge in [-0.25, -0.2) is 0 Å². The quantitative estimate of drug-likeness (QED) is 0.843. The number of aromatic nitrogens is 2. The van der Waals surface area contributed by atoms with Crippen LogP contribution in [0, 0.1) is 0 Å². The first kappa shape index (κ1) is 14.1. The lowest BCUT2D eigenvalue weighted by Gasteiger charge is -2.08. The molecule has 0 aliphatic heterocycles. The lowest BCUT2D eigenvalue weighted by molar-refractivity contribution is 0.0944. The molecular weight excluding hydrogens is 252 g/mol. The van der Waals surface area contributed by atoms with Crippen molar-refractivity contribution in [3.63, 3.8) is 0 Å². The van der Waals surface area contributed by atoms with Crippen LogP contribution in [0.25, 0.3) is 0 Å². The van der Waals surface area contributed by atoms with Crippen molar-refractivity contribution in [2.75, 3.05) is 12.3 Å². The molecule has 106 valence electrons. The van der Waals surface area contributed by atoms with E-state index in [-0.39, 0.29) is 5.91 Å². The number of amides is 1. The number of nitrogens with one attached hydrogen (secondary N) is 1. The fourth-order valence-corrected chi connectivity index (χ4v) is 2.11. The summed E-state index contributed by atoms with van der Waals surface area (Å²) in [6.07, 6.45) is 7.08. The first-order valence-electron chi connectivity index (χ1n) is 6.83. The molecule has 2 rings (SSSR count). The van der Waals surface area contributed by atoms with Gasteiger partial charge in [-0.3, -0.25) is 9.78 Å². The first-order valence-corrected chi connectivity index (χ1v) is 6.83. The lowest BCUT2D eigenvalue weighted by atomic mass is 10.2. The standard InChI is InChI=1S/C15H20N4O/c1-2-8-19-11-13(16)9-14(19)15(20)18-7-5-12-4-3-6-17-10-12/h3-4,6,9-11H,2,5,7-8,16H2,1H3,(H,18,20). The van der Waals surface area contributed by atoms with Crippen molar-refractivity contribution in [2.45, 2.75) is 26.3 Å².